The van der Waals surface area contributed by atoms with Crippen LogP contribution in [0.2, 0.25) is 0 Å². The molecule has 0 saturated carbocycles. The molecule has 0 saturated heterocycles. The van der Waals surface area contributed by atoms with E-state index in [4.69, 9.17) is 5.11 Å². The van der Waals surface area contributed by atoms with Gasteiger partial charge in [-0.25, -0.2) is 9.78 Å². The Morgan fingerprint density at radius 1 is 1.53 bits per heavy atom. The van der Waals surface area contributed by atoms with Crippen molar-refractivity contribution in [3.05, 3.63) is 24.0 Å². The van der Waals surface area contributed by atoms with Gasteiger partial charge in [0.15, 0.2) is 0 Å². The van der Waals surface area contributed by atoms with E-state index < -0.39 is 5.97 Å². The summed E-state index contributed by atoms with van der Waals surface area (Å²) in [5, 5.41) is 8.74. The molecule has 0 radical (unpaired) electrons. The Kier molecular flexibility index (Phi) is 5.57. The van der Waals surface area contributed by atoms with Crippen LogP contribution in [0, 0.1) is 0 Å². The first-order valence-electron chi connectivity index (χ1n) is 4.55. The minimum absolute atomic E-state index is 0.116. The first kappa shape index (κ1) is 12.4. The van der Waals surface area contributed by atoms with E-state index in [1.165, 1.54) is 0 Å². The molecule has 1 rings (SSSR count). The third-order valence-corrected chi connectivity index (χ3v) is 3.49. The lowest BCUT2D eigenvalue weighted by molar-refractivity contribution is 0.0690. The molecule has 1 aromatic rings. The van der Waals surface area contributed by atoms with Crippen LogP contribution in [0.25, 0.3) is 0 Å². The van der Waals surface area contributed by atoms with E-state index in [2.05, 4.69) is 11.2 Å². The zero-order valence-corrected chi connectivity index (χ0v) is 10.1. The minimum atomic E-state index is -0.971. The summed E-state index contributed by atoms with van der Waals surface area (Å²) in [5.74, 6) is 1.19. The molecule has 0 amide bonds. The predicted octanol–water partition coefficient (Wildman–Crippen LogP) is 2.62. The fourth-order valence-corrected chi connectivity index (χ4v) is 2.50. The van der Waals surface area contributed by atoms with Crippen LogP contribution in [-0.4, -0.2) is 33.8 Å². The topological polar surface area (TPSA) is 50.2 Å². The number of hydrogen-bond donors (Lipinski definition) is 1. The van der Waals surface area contributed by atoms with E-state index in [0.29, 0.717) is 0 Å². The molecule has 0 unspecified atom stereocenters. The summed E-state index contributed by atoms with van der Waals surface area (Å²) in [4.78, 5) is 15.4. The zero-order chi connectivity index (χ0) is 11.1. The largest absolute Gasteiger partial charge is 0.477 e. The summed E-state index contributed by atoms with van der Waals surface area (Å²) < 4.78 is 0. The first-order valence-corrected chi connectivity index (χ1v) is 6.93. The van der Waals surface area contributed by atoms with Gasteiger partial charge in [-0.1, -0.05) is 0 Å². The summed E-state index contributed by atoms with van der Waals surface area (Å²) in [6.07, 6.45) is 4.76. The molecule has 1 aromatic heterocycles. The van der Waals surface area contributed by atoms with Gasteiger partial charge in [0.25, 0.3) is 0 Å². The van der Waals surface area contributed by atoms with E-state index in [1.54, 1.807) is 24.0 Å². The van der Waals surface area contributed by atoms with Crippen LogP contribution in [0.5, 0.6) is 0 Å². The Morgan fingerprint density at radius 2 is 2.33 bits per heavy atom. The molecule has 3 nitrogen and oxygen atoms in total. The quantitative estimate of drug-likeness (QED) is 0.615. The highest BCUT2D eigenvalue weighted by molar-refractivity contribution is 7.99. The Bertz CT molecular complexity index is 331. The van der Waals surface area contributed by atoms with E-state index in [-0.39, 0.29) is 5.69 Å². The molecular weight excluding hydrogens is 230 g/mol. The lowest BCUT2D eigenvalue weighted by Crippen LogP contribution is -1.99. The van der Waals surface area contributed by atoms with Crippen LogP contribution in [0.15, 0.2) is 23.2 Å². The molecule has 82 valence electrons. The van der Waals surface area contributed by atoms with Crippen molar-refractivity contribution in [2.24, 2.45) is 0 Å². The summed E-state index contributed by atoms with van der Waals surface area (Å²) in [6.45, 7) is 0. The lowest BCUT2D eigenvalue weighted by Gasteiger charge is -2.01. The average Bonchev–Trinajstić information content (AvgIpc) is 2.25. The van der Waals surface area contributed by atoms with Crippen LogP contribution < -0.4 is 0 Å². The molecule has 0 aliphatic rings. The number of carboxylic acids is 1. The molecule has 0 atom stereocenters. The van der Waals surface area contributed by atoms with Gasteiger partial charge < -0.3 is 5.11 Å². The number of hydrogen-bond acceptors (Lipinski definition) is 4. The fourth-order valence-electron chi connectivity index (χ4n) is 1.01. The highest BCUT2D eigenvalue weighted by atomic mass is 32.2. The molecular formula is C10H13NO2S2. The Balaban J connectivity index is 2.47. The smallest absolute Gasteiger partial charge is 0.354 e. The van der Waals surface area contributed by atoms with Crippen LogP contribution in [-0.2, 0) is 0 Å². The van der Waals surface area contributed by atoms with E-state index >= 15 is 0 Å². The normalized spacial score (nSPS) is 10.2. The van der Waals surface area contributed by atoms with Gasteiger partial charge in [-0.3, -0.25) is 0 Å². The number of carbonyl (C=O) groups is 1. The minimum Gasteiger partial charge on any atom is -0.477 e. The second-order valence-electron chi connectivity index (χ2n) is 2.88. The van der Waals surface area contributed by atoms with Crippen molar-refractivity contribution in [1.82, 2.24) is 4.98 Å². The molecule has 5 heteroatoms. The Morgan fingerprint density at radius 3 is 3.00 bits per heavy atom. The molecule has 0 bridgehead atoms. The monoisotopic (exact) mass is 243 g/mol. The van der Waals surface area contributed by atoms with Gasteiger partial charge in [-0.15, -0.1) is 11.8 Å². The molecule has 0 aromatic carbocycles. The van der Waals surface area contributed by atoms with Crippen molar-refractivity contribution in [1.29, 1.82) is 0 Å². The van der Waals surface area contributed by atoms with E-state index in [0.717, 1.165) is 22.8 Å². The van der Waals surface area contributed by atoms with Crippen molar-refractivity contribution in [3.63, 3.8) is 0 Å². The van der Waals surface area contributed by atoms with Gasteiger partial charge in [0.2, 0.25) is 0 Å². The van der Waals surface area contributed by atoms with Crippen molar-refractivity contribution in [3.8, 4) is 0 Å². The number of carboxylic acid groups (broad SMARTS) is 1. The third kappa shape index (κ3) is 4.57. The maximum absolute atomic E-state index is 10.7. The van der Waals surface area contributed by atoms with Crippen molar-refractivity contribution in [2.75, 3.05) is 17.8 Å². The maximum atomic E-state index is 10.7. The van der Waals surface area contributed by atoms with E-state index in [9.17, 15) is 4.79 Å². The molecule has 0 aliphatic heterocycles. The van der Waals surface area contributed by atoms with Gasteiger partial charge in [-0.2, -0.15) is 11.8 Å². The van der Waals surface area contributed by atoms with Crippen LogP contribution in [0.4, 0.5) is 0 Å². The average molecular weight is 243 g/mol. The number of pyridine rings is 1. The van der Waals surface area contributed by atoms with Crippen molar-refractivity contribution < 1.29 is 9.90 Å². The second-order valence-corrected chi connectivity index (χ2v) is 5.03. The SMILES string of the molecule is CSCCCSc1ccnc(C(=O)O)c1. The predicted molar refractivity (Wildman–Crippen MR) is 64.9 cm³/mol. The van der Waals surface area contributed by atoms with Gasteiger partial charge in [-0.05, 0) is 36.3 Å². The standard InChI is InChI=1S/C10H13NO2S2/c1-14-5-2-6-15-8-3-4-11-9(7-8)10(12)13/h3-4,7H,2,5-6H2,1H3,(H,12,13). The van der Waals surface area contributed by atoms with Gasteiger partial charge in [0.1, 0.15) is 5.69 Å². The highest BCUT2D eigenvalue weighted by Crippen LogP contribution is 2.19. The van der Waals surface area contributed by atoms with Gasteiger partial charge in [0, 0.05) is 11.1 Å². The van der Waals surface area contributed by atoms with Crippen LogP contribution >= 0.6 is 23.5 Å². The Labute approximate surface area is 97.7 Å². The molecule has 1 N–H and O–H groups in total. The number of aromatic carboxylic acids is 1. The maximum Gasteiger partial charge on any atom is 0.354 e. The molecule has 1 heterocycles. The lowest BCUT2D eigenvalue weighted by atomic mass is 10.3. The Hall–Kier alpha value is -0.680. The summed E-state index contributed by atoms with van der Waals surface area (Å²) in [6, 6.07) is 3.46. The summed E-state index contributed by atoms with van der Waals surface area (Å²) in [5.41, 5.74) is 0.116. The van der Waals surface area contributed by atoms with Gasteiger partial charge >= 0.3 is 5.97 Å². The van der Waals surface area contributed by atoms with Crippen LogP contribution in [0.3, 0.4) is 0 Å². The van der Waals surface area contributed by atoms with Gasteiger partial charge in [0.05, 0.1) is 0 Å². The highest BCUT2D eigenvalue weighted by Gasteiger charge is 2.04. The summed E-state index contributed by atoms with van der Waals surface area (Å²) >= 11 is 3.50. The molecule has 0 aliphatic carbocycles. The third-order valence-electron chi connectivity index (χ3n) is 1.71. The molecule has 0 spiro atoms. The van der Waals surface area contributed by atoms with Crippen molar-refractivity contribution in [2.45, 2.75) is 11.3 Å². The number of thioether (sulfide) groups is 2. The number of nitrogens with zero attached hydrogens (tertiary/aromatic N) is 1. The molecule has 0 fully saturated rings. The fraction of sp³-hybridized carbons (Fsp3) is 0.400. The number of rotatable bonds is 6. The first-order chi connectivity index (χ1) is 7.24. The second kappa shape index (κ2) is 6.74. The van der Waals surface area contributed by atoms with Crippen LogP contribution in [0.1, 0.15) is 16.9 Å². The summed E-state index contributed by atoms with van der Waals surface area (Å²) in [7, 11) is 0. The zero-order valence-electron chi connectivity index (χ0n) is 8.47. The molecule has 15 heavy (non-hydrogen) atoms. The van der Waals surface area contributed by atoms with E-state index in [1.807, 2.05) is 17.8 Å². The van der Waals surface area contributed by atoms with Crippen molar-refractivity contribution >= 4 is 29.5 Å². The number of aromatic nitrogens is 1.